The Hall–Kier alpha value is -0.170. The molecule has 2 saturated heterocycles. The summed E-state index contributed by atoms with van der Waals surface area (Å²) < 4.78 is 27.1. The van der Waals surface area contributed by atoms with Gasteiger partial charge in [-0.2, -0.15) is 0 Å². The molecule has 0 aromatic heterocycles. The van der Waals surface area contributed by atoms with Crippen LogP contribution in [0.15, 0.2) is 0 Å². The van der Waals surface area contributed by atoms with Crippen molar-refractivity contribution < 1.29 is 8.42 Å². The SMILES string of the molecule is CCCN1CCC(NS(=O)(=O)CC2CCCN2)CC1. The second-order valence-electron chi connectivity index (χ2n) is 5.81. The molecule has 5 nitrogen and oxygen atoms in total. The molecule has 19 heavy (non-hydrogen) atoms. The molecule has 1 unspecified atom stereocenters. The van der Waals surface area contributed by atoms with Gasteiger partial charge in [0.1, 0.15) is 0 Å². The fourth-order valence-electron chi connectivity index (χ4n) is 3.06. The topological polar surface area (TPSA) is 61.4 Å². The van der Waals surface area contributed by atoms with Crippen LogP contribution in [0.25, 0.3) is 0 Å². The molecule has 6 heteroatoms. The largest absolute Gasteiger partial charge is 0.313 e. The van der Waals surface area contributed by atoms with Crippen molar-refractivity contribution in [3.8, 4) is 0 Å². The van der Waals surface area contributed by atoms with E-state index in [1.807, 2.05) is 0 Å². The first-order chi connectivity index (χ1) is 9.09. The Morgan fingerprint density at radius 2 is 2.00 bits per heavy atom. The zero-order valence-electron chi connectivity index (χ0n) is 11.9. The lowest BCUT2D eigenvalue weighted by Crippen LogP contribution is -2.47. The monoisotopic (exact) mass is 289 g/mol. The molecule has 2 fully saturated rings. The van der Waals surface area contributed by atoms with E-state index in [2.05, 4.69) is 21.9 Å². The highest BCUT2D eigenvalue weighted by molar-refractivity contribution is 7.89. The Bertz CT molecular complexity index is 358. The number of piperidine rings is 1. The molecule has 2 N–H and O–H groups in total. The number of rotatable bonds is 6. The summed E-state index contributed by atoms with van der Waals surface area (Å²) in [6.45, 7) is 6.30. The fourth-order valence-corrected chi connectivity index (χ4v) is 4.71. The summed E-state index contributed by atoms with van der Waals surface area (Å²) in [6, 6.07) is 0.289. The van der Waals surface area contributed by atoms with Crippen LogP contribution in [-0.2, 0) is 10.0 Å². The van der Waals surface area contributed by atoms with Gasteiger partial charge in [-0.3, -0.25) is 0 Å². The Kier molecular flexibility index (Phi) is 5.62. The maximum Gasteiger partial charge on any atom is 0.213 e. The summed E-state index contributed by atoms with van der Waals surface area (Å²) in [7, 11) is -3.13. The van der Waals surface area contributed by atoms with E-state index in [0.717, 1.165) is 51.9 Å². The van der Waals surface area contributed by atoms with E-state index in [1.54, 1.807) is 0 Å². The van der Waals surface area contributed by atoms with Crippen LogP contribution in [0.4, 0.5) is 0 Å². The summed E-state index contributed by atoms with van der Waals surface area (Å²) >= 11 is 0. The van der Waals surface area contributed by atoms with Crippen molar-refractivity contribution in [3.05, 3.63) is 0 Å². The number of nitrogens with one attached hydrogen (secondary N) is 2. The van der Waals surface area contributed by atoms with Crippen molar-refractivity contribution >= 4 is 10.0 Å². The second kappa shape index (κ2) is 7.02. The molecule has 1 atom stereocenters. The standard InChI is InChI=1S/C13H27N3O2S/c1-2-8-16-9-5-12(6-10-16)15-19(17,18)11-13-4-3-7-14-13/h12-15H,2-11H2,1H3. The van der Waals surface area contributed by atoms with Gasteiger partial charge in [0.15, 0.2) is 0 Å². The second-order valence-corrected chi connectivity index (χ2v) is 7.61. The molecule has 0 saturated carbocycles. The Morgan fingerprint density at radius 1 is 1.26 bits per heavy atom. The van der Waals surface area contributed by atoms with Crippen LogP contribution in [0, 0.1) is 0 Å². The average molecular weight is 289 g/mol. The normalized spacial score (nSPS) is 26.9. The first kappa shape index (κ1) is 15.2. The van der Waals surface area contributed by atoms with Crippen LogP contribution in [0.2, 0.25) is 0 Å². The zero-order valence-corrected chi connectivity index (χ0v) is 12.7. The van der Waals surface area contributed by atoms with Gasteiger partial charge in [-0.05, 0) is 58.3 Å². The highest BCUT2D eigenvalue weighted by Crippen LogP contribution is 2.13. The molecule has 2 rings (SSSR count). The van der Waals surface area contributed by atoms with Gasteiger partial charge >= 0.3 is 0 Å². The van der Waals surface area contributed by atoms with Crippen LogP contribution in [0.3, 0.4) is 0 Å². The van der Waals surface area contributed by atoms with Crippen LogP contribution < -0.4 is 10.0 Å². The lowest BCUT2D eigenvalue weighted by atomic mass is 10.1. The Morgan fingerprint density at radius 3 is 2.58 bits per heavy atom. The minimum Gasteiger partial charge on any atom is -0.313 e. The van der Waals surface area contributed by atoms with Gasteiger partial charge in [0.25, 0.3) is 0 Å². The predicted octanol–water partition coefficient (Wildman–Crippen LogP) is 0.532. The van der Waals surface area contributed by atoms with Crippen LogP contribution >= 0.6 is 0 Å². The van der Waals surface area contributed by atoms with Gasteiger partial charge in [0.2, 0.25) is 10.0 Å². The molecule has 0 bridgehead atoms. The highest BCUT2D eigenvalue weighted by atomic mass is 32.2. The number of sulfonamides is 1. The number of nitrogens with zero attached hydrogens (tertiary/aromatic N) is 1. The van der Waals surface area contributed by atoms with Gasteiger partial charge in [-0.1, -0.05) is 6.92 Å². The van der Waals surface area contributed by atoms with Crippen LogP contribution in [0.1, 0.15) is 39.0 Å². The maximum atomic E-state index is 12.1. The summed E-state index contributed by atoms with van der Waals surface area (Å²) in [5, 5.41) is 3.25. The molecule has 0 aromatic rings. The molecule has 2 aliphatic heterocycles. The molecule has 0 amide bonds. The lowest BCUT2D eigenvalue weighted by molar-refractivity contribution is 0.208. The van der Waals surface area contributed by atoms with Gasteiger partial charge in [0.05, 0.1) is 5.75 Å². The van der Waals surface area contributed by atoms with E-state index in [0.29, 0.717) is 0 Å². The van der Waals surface area contributed by atoms with Gasteiger partial charge in [0, 0.05) is 12.1 Å². The third-order valence-corrected chi connectivity index (χ3v) is 5.59. The molecule has 0 spiro atoms. The fraction of sp³-hybridized carbons (Fsp3) is 1.00. The van der Waals surface area contributed by atoms with Crippen molar-refractivity contribution in [1.29, 1.82) is 0 Å². The quantitative estimate of drug-likeness (QED) is 0.749. The maximum absolute atomic E-state index is 12.1. The number of likely N-dealkylation sites (tertiary alicyclic amines) is 1. The summed E-state index contributed by atoms with van der Waals surface area (Å²) in [5.41, 5.74) is 0. The van der Waals surface area contributed by atoms with Gasteiger partial charge in [-0.25, -0.2) is 13.1 Å². The van der Waals surface area contributed by atoms with Crippen LogP contribution in [-0.4, -0.2) is 57.3 Å². The van der Waals surface area contributed by atoms with E-state index < -0.39 is 10.0 Å². The average Bonchev–Trinajstić information content (AvgIpc) is 2.83. The summed E-state index contributed by atoms with van der Waals surface area (Å²) in [4.78, 5) is 2.42. The third-order valence-electron chi connectivity index (χ3n) is 4.06. The van der Waals surface area contributed by atoms with Crippen molar-refractivity contribution in [3.63, 3.8) is 0 Å². The molecule has 112 valence electrons. The minimum atomic E-state index is -3.13. The van der Waals surface area contributed by atoms with Crippen molar-refractivity contribution in [2.24, 2.45) is 0 Å². The molecular weight excluding hydrogens is 262 g/mol. The van der Waals surface area contributed by atoms with E-state index in [4.69, 9.17) is 0 Å². The molecule has 2 heterocycles. The first-order valence-corrected chi connectivity index (χ1v) is 9.20. The third kappa shape index (κ3) is 5.02. The van der Waals surface area contributed by atoms with Crippen LogP contribution in [0.5, 0.6) is 0 Å². The van der Waals surface area contributed by atoms with E-state index in [9.17, 15) is 8.42 Å². The van der Waals surface area contributed by atoms with Crippen molar-refractivity contribution in [1.82, 2.24) is 14.9 Å². The molecular formula is C13H27N3O2S. The summed E-state index contributed by atoms with van der Waals surface area (Å²) in [6.07, 6.45) is 5.13. The zero-order chi connectivity index (χ0) is 13.7. The number of hydrogen-bond donors (Lipinski definition) is 2. The Balaban J connectivity index is 1.74. The molecule has 2 aliphatic rings. The van der Waals surface area contributed by atoms with Gasteiger partial charge < -0.3 is 10.2 Å². The van der Waals surface area contributed by atoms with Crippen molar-refractivity contribution in [2.45, 2.75) is 51.1 Å². The lowest BCUT2D eigenvalue weighted by Gasteiger charge is -2.32. The first-order valence-electron chi connectivity index (χ1n) is 7.55. The van der Waals surface area contributed by atoms with E-state index in [1.165, 1.54) is 6.42 Å². The predicted molar refractivity (Wildman–Crippen MR) is 77.7 cm³/mol. The highest BCUT2D eigenvalue weighted by Gasteiger charge is 2.26. The molecule has 0 aromatic carbocycles. The molecule has 0 aliphatic carbocycles. The molecule has 0 radical (unpaired) electrons. The smallest absolute Gasteiger partial charge is 0.213 e. The van der Waals surface area contributed by atoms with E-state index >= 15 is 0 Å². The Labute approximate surface area is 117 Å². The van der Waals surface area contributed by atoms with Crippen molar-refractivity contribution in [2.75, 3.05) is 31.9 Å². The van der Waals surface area contributed by atoms with E-state index in [-0.39, 0.29) is 17.8 Å². The summed E-state index contributed by atoms with van der Waals surface area (Å²) in [5.74, 6) is 0.238. The van der Waals surface area contributed by atoms with Gasteiger partial charge in [-0.15, -0.1) is 0 Å². The minimum absolute atomic E-state index is 0.138. The number of hydrogen-bond acceptors (Lipinski definition) is 4.